The smallest absolute Gasteiger partial charge is 0.160 e. The van der Waals surface area contributed by atoms with Gasteiger partial charge in [0.2, 0.25) is 0 Å². The first-order chi connectivity index (χ1) is 71.5. The Morgan fingerprint density at radius 3 is 0.861 bits per heavy atom. The summed E-state index contributed by atoms with van der Waals surface area (Å²) in [5.74, 6) is 2.11. The molecule has 144 heavy (non-hydrogen) atoms. The second kappa shape index (κ2) is 34.3. The normalized spacial score (nSPS) is 11.8. The molecular weight excluding hydrogens is 1760 g/mol. The molecule has 0 saturated carbocycles. The zero-order chi connectivity index (χ0) is 94.8. The van der Waals surface area contributed by atoms with Crippen molar-refractivity contribution in [3.8, 4) is 118 Å². The maximum Gasteiger partial charge on any atom is 0.160 e. The van der Waals surface area contributed by atoms with E-state index >= 15 is 0 Å². The lowest BCUT2D eigenvalue weighted by atomic mass is 9.99. The number of nitrogens with zero attached hydrogens (tertiary/aromatic N) is 9. The Balaban J connectivity index is 0.000000105. The molecule has 0 amide bonds. The van der Waals surface area contributed by atoms with Gasteiger partial charge in [-0.25, -0.2) is 29.9 Å². The van der Waals surface area contributed by atoms with Crippen LogP contribution in [0.15, 0.2) is 505 Å². The minimum Gasteiger partial charge on any atom is -0.454 e. The van der Waals surface area contributed by atoms with Crippen molar-refractivity contribution >= 4 is 164 Å². The first-order valence-corrected chi connectivity index (χ1v) is 48.5. The Hall–Kier alpha value is -19.6. The molecule has 0 radical (unpaired) electrons. The molecule has 30 rings (SSSR count). The summed E-state index contributed by atoms with van der Waals surface area (Å²) in [7, 11) is 0. The van der Waals surface area contributed by atoms with Crippen LogP contribution in [0.2, 0.25) is 0 Å². The number of benzene rings is 21. The summed E-state index contributed by atoms with van der Waals surface area (Å²) < 4.78 is 27.6. The van der Waals surface area contributed by atoms with Crippen LogP contribution in [0.4, 0.5) is 0 Å². The highest BCUT2D eigenvalue weighted by Crippen LogP contribution is 2.50. The largest absolute Gasteiger partial charge is 0.454 e. The van der Waals surface area contributed by atoms with Gasteiger partial charge in [0.1, 0.15) is 16.7 Å². The Morgan fingerprint density at radius 2 is 0.438 bits per heavy atom. The monoisotopic (exact) mass is 1840 g/mol. The number of hydrogen-bond acceptors (Lipinski definition) is 9. The van der Waals surface area contributed by atoms with Gasteiger partial charge < -0.3 is 27.0 Å². The molecule has 0 aliphatic heterocycles. The third-order valence-electron chi connectivity index (χ3n) is 28.2. The van der Waals surface area contributed by atoms with Crippen molar-refractivity contribution in [1.82, 2.24) is 43.6 Å². The third kappa shape index (κ3) is 13.7. The molecule has 30 aromatic rings. The predicted molar refractivity (Wildman–Crippen MR) is 592 cm³/mol. The summed E-state index contributed by atoms with van der Waals surface area (Å²) in [6.07, 6.45) is 0. The molecule has 0 aliphatic rings. The lowest BCUT2D eigenvalue weighted by molar-refractivity contribution is 0.666. The van der Waals surface area contributed by atoms with E-state index in [1.54, 1.807) is 0 Å². The lowest BCUT2D eigenvalue weighted by Crippen LogP contribution is -1.95. The first-order valence-electron chi connectivity index (χ1n) is 48.5. The highest BCUT2D eigenvalue weighted by atomic mass is 16.3. The van der Waals surface area contributed by atoms with Crippen LogP contribution in [0, 0.1) is 0 Å². The molecule has 0 fully saturated rings. The van der Waals surface area contributed by atoms with E-state index in [0.717, 1.165) is 199 Å². The van der Waals surface area contributed by atoms with Gasteiger partial charge in [-0.2, -0.15) is 0 Å². The van der Waals surface area contributed by atoms with E-state index in [9.17, 15) is 0 Å². The highest BCUT2D eigenvalue weighted by molar-refractivity contribution is 6.23. The molecule has 0 spiro atoms. The zero-order valence-electron chi connectivity index (χ0n) is 77.5. The van der Waals surface area contributed by atoms with Crippen molar-refractivity contribution in [2.24, 2.45) is 0 Å². The highest BCUT2D eigenvalue weighted by Gasteiger charge is 2.29. The molecule has 12 nitrogen and oxygen atoms in total. The van der Waals surface area contributed by atoms with Gasteiger partial charge in [0.15, 0.2) is 34.2 Å². The maximum absolute atomic E-state index is 6.84. The fraction of sp³-hybridized carbons (Fsp3) is 0. The summed E-state index contributed by atoms with van der Waals surface area (Å²) in [6, 6.07) is 171. The van der Waals surface area contributed by atoms with Crippen LogP contribution in [0.5, 0.6) is 0 Å². The zero-order valence-corrected chi connectivity index (χ0v) is 77.5. The van der Waals surface area contributed by atoms with Crippen LogP contribution in [0.25, 0.3) is 282 Å². The van der Waals surface area contributed by atoms with Crippen LogP contribution in [-0.2, 0) is 0 Å². The number of furan rings is 3. The van der Waals surface area contributed by atoms with Crippen molar-refractivity contribution in [3.63, 3.8) is 0 Å². The minimum atomic E-state index is 0.703. The molecule has 12 heteroatoms. The standard InChI is InChI=1S/3C44H27N3O/c1-3-14-28(15-4-1)30-20-11-25-37-40(30)32-19-8-10-24-36(32)47(37)38-26-12-22-34-41-33(21-13-27-39(41)48-43(34)38)42-31-18-7-9-23-35(31)45-44(46-42)29-16-5-2-6-17-29;1-3-13-28(14-4-1)30-25-26-32-31-17-8-10-22-37(31)47(39(32)27-30)38-23-11-20-35-41-34(19-12-24-40(41)48-43(35)38)42-33-18-7-9-21-36(33)45-44(46-42)29-15-5-2-6-16-29;1-3-13-28(14-4-1)30-25-26-38-35(27-30)31-17-8-10-22-37(31)47(38)39-23-11-20-34-41-33(19-12-24-40(41)48-43(34)39)42-32-18-7-9-21-36(32)45-44(46-42)29-15-5-2-6-16-29/h3*1-27H. The maximum atomic E-state index is 6.84. The molecule has 9 aromatic heterocycles. The predicted octanol–water partition coefficient (Wildman–Crippen LogP) is 34.9. The molecule has 21 aromatic carbocycles. The fourth-order valence-corrected chi connectivity index (χ4v) is 21.8. The van der Waals surface area contributed by atoms with Crippen LogP contribution in [0.1, 0.15) is 0 Å². The SMILES string of the molecule is c1ccc(-c2ccc3c(c2)c2ccccc2n3-c2cccc3c2oc2cccc(-c4nc(-c5ccccc5)nc5ccccc45)c23)cc1.c1ccc(-c2ccc3c4ccccc4n(-c4cccc5c4oc4cccc(-c6nc(-c7ccccc7)nc7ccccc67)c45)c3c2)cc1.c1ccc(-c2nc(-c3cccc4oc5c(-n6c7ccccc7c7c(-c8ccccc8)cccc76)cccc5c34)c3ccccc3n2)cc1. The molecule has 0 N–H and O–H groups in total. The van der Waals surface area contributed by atoms with Crippen LogP contribution < -0.4 is 0 Å². The topological polar surface area (TPSA) is 132 Å². The molecule has 0 unspecified atom stereocenters. The van der Waals surface area contributed by atoms with Gasteiger partial charge in [-0.05, 0) is 130 Å². The molecule has 9 heterocycles. The number of para-hydroxylation sites is 9. The van der Waals surface area contributed by atoms with Gasteiger partial charge >= 0.3 is 0 Å². The number of aromatic nitrogens is 9. The third-order valence-corrected chi connectivity index (χ3v) is 28.2. The summed E-state index contributed by atoms with van der Waals surface area (Å²) in [6.45, 7) is 0. The van der Waals surface area contributed by atoms with E-state index in [0.29, 0.717) is 17.5 Å². The molecule has 0 atom stereocenters. The van der Waals surface area contributed by atoms with E-state index in [4.69, 9.17) is 43.2 Å². The van der Waals surface area contributed by atoms with E-state index in [1.807, 2.05) is 72.8 Å². The number of rotatable bonds is 12. The molecular formula is C132H81N9O3. The van der Waals surface area contributed by atoms with E-state index < -0.39 is 0 Å². The van der Waals surface area contributed by atoms with Crippen molar-refractivity contribution in [3.05, 3.63) is 491 Å². The van der Waals surface area contributed by atoms with Crippen molar-refractivity contribution in [1.29, 1.82) is 0 Å². The Kier molecular flexibility index (Phi) is 19.7. The number of fused-ring (bicyclic) bond motifs is 21. The van der Waals surface area contributed by atoms with Crippen LogP contribution >= 0.6 is 0 Å². The number of hydrogen-bond donors (Lipinski definition) is 0. The summed E-state index contributed by atoms with van der Waals surface area (Å²) in [5.41, 5.74) is 33.4. The van der Waals surface area contributed by atoms with E-state index in [1.165, 1.54) is 65.7 Å². The van der Waals surface area contributed by atoms with Crippen LogP contribution in [0.3, 0.4) is 0 Å². The van der Waals surface area contributed by atoms with Crippen molar-refractivity contribution in [2.75, 3.05) is 0 Å². The van der Waals surface area contributed by atoms with Crippen molar-refractivity contribution in [2.45, 2.75) is 0 Å². The molecule has 0 aliphatic carbocycles. The summed E-state index contributed by atoms with van der Waals surface area (Å²) >= 11 is 0. The Morgan fingerprint density at radius 1 is 0.153 bits per heavy atom. The minimum absolute atomic E-state index is 0.703. The summed E-state index contributed by atoms with van der Waals surface area (Å²) in [5, 5.41) is 16.6. The average molecular weight is 1840 g/mol. The lowest BCUT2D eigenvalue weighted by Gasteiger charge is -2.11. The van der Waals surface area contributed by atoms with Gasteiger partial charge in [0.05, 0.1) is 83.8 Å². The second-order valence-corrected chi connectivity index (χ2v) is 36.5. The fourth-order valence-electron chi connectivity index (χ4n) is 21.8. The molecule has 672 valence electrons. The van der Waals surface area contributed by atoms with E-state index in [2.05, 4.69) is 432 Å². The van der Waals surface area contributed by atoms with Crippen molar-refractivity contribution < 1.29 is 13.3 Å². The van der Waals surface area contributed by atoms with Gasteiger partial charge in [-0.3, -0.25) is 0 Å². The first kappa shape index (κ1) is 82.7. The average Bonchev–Trinajstić information content (AvgIpc) is 1.57. The van der Waals surface area contributed by atoms with Gasteiger partial charge in [-0.15, -0.1) is 0 Å². The quantitative estimate of drug-likeness (QED) is 0.117. The Labute approximate surface area is 824 Å². The Bertz CT molecular complexity index is 10100. The van der Waals surface area contributed by atoms with Gasteiger partial charge in [0.25, 0.3) is 0 Å². The van der Waals surface area contributed by atoms with Gasteiger partial charge in [0, 0.05) is 114 Å². The molecule has 0 saturated heterocycles. The summed E-state index contributed by atoms with van der Waals surface area (Å²) in [4.78, 5) is 30.5. The molecule has 0 bridgehead atoms. The second-order valence-electron chi connectivity index (χ2n) is 36.5. The van der Waals surface area contributed by atoms with Gasteiger partial charge in [-0.1, -0.05) is 394 Å². The van der Waals surface area contributed by atoms with E-state index in [-0.39, 0.29) is 0 Å². The van der Waals surface area contributed by atoms with Crippen LogP contribution in [-0.4, -0.2) is 43.6 Å².